The summed E-state index contributed by atoms with van der Waals surface area (Å²) in [6, 6.07) is 53.9. The van der Waals surface area contributed by atoms with Gasteiger partial charge in [-0.15, -0.1) is 0 Å². The molecule has 61 heavy (non-hydrogen) atoms. The van der Waals surface area contributed by atoms with Gasteiger partial charge < -0.3 is 20.3 Å². The van der Waals surface area contributed by atoms with Gasteiger partial charge >= 0.3 is 7.12 Å². The molecule has 5 aromatic carbocycles. The van der Waals surface area contributed by atoms with E-state index in [1.807, 2.05) is 36.4 Å². The van der Waals surface area contributed by atoms with Crippen LogP contribution in [0.5, 0.6) is 0 Å². The van der Waals surface area contributed by atoms with E-state index in [2.05, 4.69) is 111 Å². The van der Waals surface area contributed by atoms with Crippen LogP contribution in [0.4, 0.5) is 0 Å². The SMILES string of the molecule is C.CC(=O)O.CC(=O)O.Clc1cc(-c2ccccc2)nc(Cl)n1.Clc1cc(Cl)nc(Cl)n1.OB(O)c1ccccc1.[Pd].c1ccc([PH+](c2ccccc2)c2ccccc2)cc1. The average molecular weight is 1040 g/mol. The van der Waals surface area contributed by atoms with Crippen molar-refractivity contribution < 1.29 is 50.3 Å². The zero-order valence-electron chi connectivity index (χ0n) is 31.8. The van der Waals surface area contributed by atoms with Gasteiger partial charge in [0.2, 0.25) is 10.6 Å². The minimum absolute atomic E-state index is 0. The summed E-state index contributed by atoms with van der Waals surface area (Å²) in [5, 5.41) is 37.4. The molecule has 0 amide bonds. The van der Waals surface area contributed by atoms with Gasteiger partial charge in [-0.25, -0.2) is 19.9 Å². The van der Waals surface area contributed by atoms with Crippen LogP contribution in [0.2, 0.25) is 26.0 Å². The zero-order valence-corrected chi connectivity index (χ0v) is 38.1. The van der Waals surface area contributed by atoms with E-state index in [0.29, 0.717) is 10.6 Å². The van der Waals surface area contributed by atoms with Crippen LogP contribution in [-0.2, 0) is 30.0 Å². The molecule has 7 aromatic rings. The number of carboxylic acids is 2. The second kappa shape index (κ2) is 32.4. The van der Waals surface area contributed by atoms with Crippen molar-refractivity contribution in [1.29, 1.82) is 0 Å². The molecule has 2 heterocycles. The predicted molar refractivity (Wildman–Crippen MR) is 251 cm³/mol. The molecule has 10 nitrogen and oxygen atoms in total. The van der Waals surface area contributed by atoms with Crippen molar-refractivity contribution >= 4 is 106 Å². The minimum atomic E-state index is -1.34. The van der Waals surface area contributed by atoms with E-state index in [9.17, 15) is 0 Å². The first-order valence-electron chi connectivity index (χ1n) is 17.1. The van der Waals surface area contributed by atoms with Crippen LogP contribution in [0.25, 0.3) is 11.3 Å². The molecule has 0 aliphatic heterocycles. The van der Waals surface area contributed by atoms with E-state index in [1.54, 1.807) is 30.3 Å². The third-order valence-electron chi connectivity index (χ3n) is 6.66. The minimum Gasteiger partial charge on any atom is -0.481 e. The fourth-order valence-corrected chi connectivity index (χ4v) is 8.13. The number of aromatic nitrogens is 4. The first-order valence-corrected chi connectivity index (χ1v) is 20.5. The number of carbonyl (C=O) groups is 2. The number of carboxylic acid groups (broad SMARTS) is 2. The molecule has 7 rings (SSSR count). The third kappa shape index (κ3) is 25.3. The predicted octanol–water partition coefficient (Wildman–Crippen LogP) is 9.25. The van der Waals surface area contributed by atoms with Gasteiger partial charge in [-0.2, -0.15) is 0 Å². The Labute approximate surface area is 396 Å². The molecule has 0 saturated carbocycles. The summed E-state index contributed by atoms with van der Waals surface area (Å²) < 4.78 is 0. The Hall–Kier alpha value is -4.27. The largest absolute Gasteiger partial charge is 0.488 e. The van der Waals surface area contributed by atoms with E-state index >= 15 is 0 Å². The van der Waals surface area contributed by atoms with Crippen LogP contribution >= 0.6 is 65.9 Å². The summed E-state index contributed by atoms with van der Waals surface area (Å²) >= 11 is 27.7. The maximum Gasteiger partial charge on any atom is 0.488 e. The van der Waals surface area contributed by atoms with E-state index in [4.69, 9.17) is 87.9 Å². The maximum atomic E-state index is 9.00. The molecule has 0 saturated heterocycles. The Morgan fingerprint density at radius 3 is 1.05 bits per heavy atom. The Balaban J connectivity index is 0.000000762. The molecular weight excluding hydrogens is 994 g/mol. The molecule has 0 unspecified atom stereocenters. The van der Waals surface area contributed by atoms with Crippen LogP contribution in [0.15, 0.2) is 164 Å². The van der Waals surface area contributed by atoms with Crippen molar-refractivity contribution in [2.75, 3.05) is 0 Å². The number of nitrogens with zero attached hydrogens (tertiary/aromatic N) is 4. The molecular formula is C43H42BCl5N4O6PPd+. The molecule has 0 aliphatic rings. The first kappa shape index (κ1) is 56.7. The monoisotopic (exact) mass is 1030 g/mol. The van der Waals surface area contributed by atoms with Gasteiger partial charge in [0.1, 0.15) is 31.4 Å². The molecule has 0 bridgehead atoms. The topological polar surface area (TPSA) is 167 Å². The molecule has 18 heteroatoms. The van der Waals surface area contributed by atoms with Crippen molar-refractivity contribution in [3.05, 3.63) is 190 Å². The molecule has 0 fully saturated rings. The second-order valence-corrected chi connectivity index (χ2v) is 15.6. The van der Waals surface area contributed by atoms with Crippen molar-refractivity contribution in [2.45, 2.75) is 21.3 Å². The summed E-state index contributed by atoms with van der Waals surface area (Å²) in [5.74, 6) is -1.67. The van der Waals surface area contributed by atoms with Crippen LogP contribution < -0.4 is 21.4 Å². The van der Waals surface area contributed by atoms with E-state index in [0.717, 1.165) is 25.1 Å². The Morgan fingerprint density at radius 2 is 0.770 bits per heavy atom. The molecule has 322 valence electrons. The van der Waals surface area contributed by atoms with E-state index < -0.39 is 27.0 Å². The fourth-order valence-electron chi connectivity index (χ4n) is 4.45. The second-order valence-electron chi connectivity index (χ2n) is 11.3. The van der Waals surface area contributed by atoms with Gasteiger partial charge in [0.25, 0.3) is 11.9 Å². The van der Waals surface area contributed by atoms with Crippen LogP contribution in [-0.4, -0.2) is 59.3 Å². The van der Waals surface area contributed by atoms with Gasteiger partial charge in [0, 0.05) is 52.0 Å². The van der Waals surface area contributed by atoms with Gasteiger partial charge in [-0.3, -0.25) is 9.59 Å². The van der Waals surface area contributed by atoms with Gasteiger partial charge in [0.15, 0.2) is 0 Å². The number of hydrogen-bond acceptors (Lipinski definition) is 8. The van der Waals surface area contributed by atoms with Crippen LogP contribution in [0.1, 0.15) is 21.3 Å². The summed E-state index contributed by atoms with van der Waals surface area (Å²) in [4.78, 5) is 33.0. The van der Waals surface area contributed by atoms with Crippen molar-refractivity contribution in [1.82, 2.24) is 19.9 Å². The number of benzene rings is 5. The molecule has 0 aliphatic carbocycles. The summed E-state index contributed by atoms with van der Waals surface area (Å²) in [6.45, 7) is 2.17. The Bertz CT molecular complexity index is 2080. The standard InChI is InChI=1S/C18H15P.C10H6Cl2N2.C6H7BO2.C4HCl3N2.2C2H4O2.CH4.Pd/c1-4-10-16(11-5-1)19(17-12-6-2-7-13-17)18-14-8-3-9-15-18;11-9-6-8(13-10(12)14-9)7-4-2-1-3-5-7;8-7(9)6-4-2-1-3-5-6;5-2-1-3(6)9-4(7)8-2;2*1-2(3)4;;/h1-15H;1-6H;1-5,8-9H;1H;2*1H3,(H,3,4);1H4;/p+1. The van der Waals surface area contributed by atoms with Crippen LogP contribution in [0, 0.1) is 0 Å². The first-order chi connectivity index (χ1) is 28.2. The van der Waals surface area contributed by atoms with Gasteiger partial charge in [0.05, 0.1) is 13.6 Å². The van der Waals surface area contributed by atoms with E-state index in [1.165, 1.54) is 22.0 Å². The van der Waals surface area contributed by atoms with Crippen molar-refractivity contribution in [3.63, 3.8) is 0 Å². The van der Waals surface area contributed by atoms with Gasteiger partial charge in [-0.05, 0) is 65.1 Å². The summed E-state index contributed by atoms with van der Waals surface area (Å²) in [7, 11) is -2.22. The zero-order chi connectivity index (χ0) is 43.6. The summed E-state index contributed by atoms with van der Waals surface area (Å²) in [6.07, 6.45) is 0. The van der Waals surface area contributed by atoms with Crippen LogP contribution in [0.3, 0.4) is 0 Å². The Morgan fingerprint density at radius 1 is 0.492 bits per heavy atom. The maximum absolute atomic E-state index is 9.00. The normalized spacial score (nSPS) is 9.21. The number of hydrogen-bond donors (Lipinski definition) is 4. The van der Waals surface area contributed by atoms with E-state index in [-0.39, 0.29) is 48.7 Å². The van der Waals surface area contributed by atoms with Gasteiger partial charge in [-0.1, -0.05) is 157 Å². The number of aliphatic carboxylic acids is 2. The third-order valence-corrected chi connectivity index (χ3v) is 10.3. The van der Waals surface area contributed by atoms with Crippen molar-refractivity contribution in [2.24, 2.45) is 0 Å². The number of rotatable bonds is 5. The smallest absolute Gasteiger partial charge is 0.481 e. The molecule has 0 atom stereocenters. The molecule has 0 radical (unpaired) electrons. The number of halogens is 5. The summed E-state index contributed by atoms with van der Waals surface area (Å²) in [5.41, 5.74) is 2.23. The average Bonchev–Trinajstić information content (AvgIpc) is 3.19. The fraction of sp³-hybridized carbons (Fsp3) is 0.0698. The molecule has 0 spiro atoms. The Kier molecular flexibility index (Phi) is 30.2. The molecule has 4 N–H and O–H groups in total. The quantitative estimate of drug-likeness (QED) is 0.0565. The molecule has 2 aromatic heterocycles. The van der Waals surface area contributed by atoms with Crippen molar-refractivity contribution in [3.8, 4) is 11.3 Å².